The van der Waals surface area contributed by atoms with Gasteiger partial charge >= 0.3 is 5.97 Å². The number of ether oxygens (including phenoxy) is 3. The molecule has 1 aromatic heterocycles. The van der Waals surface area contributed by atoms with Crippen LogP contribution in [0.25, 0.3) is 0 Å². The van der Waals surface area contributed by atoms with Gasteiger partial charge in [0.15, 0.2) is 6.61 Å². The number of benzene rings is 3. The van der Waals surface area contributed by atoms with Gasteiger partial charge in [-0.3, -0.25) is 4.79 Å². The van der Waals surface area contributed by atoms with Crippen molar-refractivity contribution in [3.63, 3.8) is 0 Å². The lowest BCUT2D eigenvalue weighted by Gasteiger charge is -2.18. The molecule has 0 radical (unpaired) electrons. The highest BCUT2D eigenvalue weighted by molar-refractivity contribution is 5.71. The Balaban J connectivity index is 1.40. The first kappa shape index (κ1) is 25.7. The van der Waals surface area contributed by atoms with Gasteiger partial charge in [-0.15, -0.1) is 0 Å². The Hall–Kier alpha value is -4.39. The fraction of sp³-hybridized carbons (Fsp3) is 0.233. The summed E-state index contributed by atoms with van der Waals surface area (Å²) < 4.78 is 17.7. The number of carbonyl (C=O) groups is 1. The van der Waals surface area contributed by atoms with Crippen LogP contribution in [0, 0.1) is 0 Å². The Kier molecular flexibility index (Phi) is 9.07. The van der Waals surface area contributed by atoms with E-state index in [2.05, 4.69) is 24.3 Å². The van der Waals surface area contributed by atoms with E-state index in [1.54, 1.807) is 31.2 Å². The molecule has 0 aliphatic carbocycles. The molecule has 0 saturated heterocycles. The lowest BCUT2D eigenvalue weighted by atomic mass is 9.88. The second-order valence-electron chi connectivity index (χ2n) is 8.34. The highest BCUT2D eigenvalue weighted by Crippen LogP contribution is 2.30. The zero-order valence-corrected chi connectivity index (χ0v) is 20.8. The summed E-state index contributed by atoms with van der Waals surface area (Å²) in [6, 6.07) is 30.8. The van der Waals surface area contributed by atoms with E-state index in [0.717, 1.165) is 16.8 Å². The van der Waals surface area contributed by atoms with Gasteiger partial charge < -0.3 is 14.2 Å². The molecule has 3 aromatic carbocycles. The molecule has 0 aliphatic rings. The van der Waals surface area contributed by atoms with Gasteiger partial charge in [0, 0.05) is 25.1 Å². The Labute approximate surface area is 216 Å². The van der Waals surface area contributed by atoms with Gasteiger partial charge in [0.1, 0.15) is 11.5 Å². The van der Waals surface area contributed by atoms with Crippen molar-refractivity contribution in [1.82, 2.24) is 9.78 Å². The minimum atomic E-state index is -0.421. The van der Waals surface area contributed by atoms with E-state index in [1.807, 2.05) is 48.5 Å². The molecule has 0 bridgehead atoms. The summed E-state index contributed by atoms with van der Waals surface area (Å²) >= 11 is 0. The molecular formula is C30H30N2O5. The Bertz CT molecular complexity index is 1300. The maximum atomic E-state index is 12.6. The largest absolute Gasteiger partial charge is 0.493 e. The molecule has 0 saturated carbocycles. The molecule has 37 heavy (non-hydrogen) atoms. The summed E-state index contributed by atoms with van der Waals surface area (Å²) in [4.78, 5) is 24.0. The third kappa shape index (κ3) is 7.30. The highest BCUT2D eigenvalue weighted by Gasteiger charge is 2.19. The maximum absolute atomic E-state index is 12.6. The summed E-state index contributed by atoms with van der Waals surface area (Å²) in [6.45, 7) is 2.71. The molecule has 190 valence electrons. The molecule has 0 N–H and O–H groups in total. The summed E-state index contributed by atoms with van der Waals surface area (Å²) in [5.41, 5.74) is 2.88. The molecule has 0 unspecified atom stereocenters. The lowest BCUT2D eigenvalue weighted by Crippen LogP contribution is -2.25. The fourth-order valence-corrected chi connectivity index (χ4v) is 4.01. The summed E-state index contributed by atoms with van der Waals surface area (Å²) in [7, 11) is 0. The van der Waals surface area contributed by atoms with Crippen molar-refractivity contribution in [2.75, 3.05) is 19.8 Å². The number of aryl methyl sites for hydroxylation is 1. The zero-order chi connectivity index (χ0) is 25.9. The Morgan fingerprint density at radius 1 is 0.838 bits per heavy atom. The number of hydrogen-bond donors (Lipinski definition) is 0. The van der Waals surface area contributed by atoms with Crippen molar-refractivity contribution in [3.05, 3.63) is 124 Å². The minimum Gasteiger partial charge on any atom is -0.493 e. The third-order valence-electron chi connectivity index (χ3n) is 5.70. The van der Waals surface area contributed by atoms with Crippen LogP contribution < -0.4 is 15.0 Å². The highest BCUT2D eigenvalue weighted by atomic mass is 16.6. The molecule has 1 heterocycles. The van der Waals surface area contributed by atoms with Gasteiger partial charge in [-0.2, -0.15) is 5.10 Å². The average molecular weight is 499 g/mol. The third-order valence-corrected chi connectivity index (χ3v) is 5.70. The minimum absolute atomic E-state index is 0.0807. The number of nitrogens with zero attached hydrogens (tertiary/aromatic N) is 2. The van der Waals surface area contributed by atoms with Crippen molar-refractivity contribution >= 4 is 5.97 Å². The second-order valence-corrected chi connectivity index (χ2v) is 8.34. The first-order valence-corrected chi connectivity index (χ1v) is 12.3. The smallest absolute Gasteiger partial charge is 0.344 e. The summed E-state index contributed by atoms with van der Waals surface area (Å²) in [5, 5.41) is 4.72. The monoisotopic (exact) mass is 498 g/mol. The van der Waals surface area contributed by atoms with Gasteiger partial charge in [-0.05, 0) is 36.2 Å². The van der Waals surface area contributed by atoms with Crippen LogP contribution >= 0.6 is 0 Å². The van der Waals surface area contributed by atoms with Crippen LogP contribution in [0.4, 0.5) is 0 Å². The zero-order valence-electron chi connectivity index (χ0n) is 20.8. The van der Waals surface area contributed by atoms with Crippen LogP contribution in [0.2, 0.25) is 0 Å². The molecule has 4 rings (SSSR count). The first-order chi connectivity index (χ1) is 18.1. The quantitative estimate of drug-likeness (QED) is 0.206. The number of hydrogen-bond acceptors (Lipinski definition) is 6. The fourth-order valence-electron chi connectivity index (χ4n) is 4.01. The number of aromatic nitrogens is 2. The van der Waals surface area contributed by atoms with E-state index < -0.39 is 5.97 Å². The van der Waals surface area contributed by atoms with Crippen LogP contribution in [0.15, 0.2) is 102 Å². The predicted molar refractivity (Wildman–Crippen MR) is 141 cm³/mol. The van der Waals surface area contributed by atoms with Gasteiger partial charge in [-0.25, -0.2) is 9.48 Å². The summed E-state index contributed by atoms with van der Waals surface area (Å²) in [5.74, 6) is 0.631. The SMILES string of the molecule is CCOC(=O)COc1cccc(OCCCn2nc(C(c3ccccc3)c3ccccc3)ccc2=O)c1. The van der Waals surface area contributed by atoms with E-state index in [1.165, 1.54) is 4.68 Å². The molecule has 0 fully saturated rings. The standard InChI is InChI=1S/C30H30N2O5/c1-2-35-29(34)22-37-26-16-9-15-25(21-26)36-20-10-19-32-28(33)18-17-27(31-32)30(23-11-5-3-6-12-23)24-13-7-4-8-14-24/h3-9,11-18,21,30H,2,10,19-20,22H2,1H3. The van der Waals surface area contributed by atoms with E-state index in [0.29, 0.717) is 37.7 Å². The van der Waals surface area contributed by atoms with E-state index >= 15 is 0 Å². The predicted octanol–water partition coefficient (Wildman–Crippen LogP) is 4.83. The Morgan fingerprint density at radius 3 is 2.14 bits per heavy atom. The van der Waals surface area contributed by atoms with Crippen LogP contribution in [-0.2, 0) is 16.1 Å². The van der Waals surface area contributed by atoms with Crippen molar-refractivity contribution in [2.45, 2.75) is 25.8 Å². The molecule has 0 aliphatic heterocycles. The molecule has 7 heteroatoms. The topological polar surface area (TPSA) is 79.7 Å². The normalized spacial score (nSPS) is 10.8. The van der Waals surface area contributed by atoms with Crippen molar-refractivity contribution < 1.29 is 19.0 Å². The molecule has 0 atom stereocenters. The van der Waals surface area contributed by atoms with Gasteiger partial charge in [0.05, 0.1) is 24.8 Å². The number of rotatable bonds is 12. The number of carbonyl (C=O) groups excluding carboxylic acids is 1. The van der Waals surface area contributed by atoms with Crippen LogP contribution in [0.5, 0.6) is 11.5 Å². The molecular weight excluding hydrogens is 468 g/mol. The van der Waals surface area contributed by atoms with E-state index in [-0.39, 0.29) is 18.1 Å². The lowest BCUT2D eigenvalue weighted by molar-refractivity contribution is -0.145. The van der Waals surface area contributed by atoms with Crippen molar-refractivity contribution in [1.29, 1.82) is 0 Å². The molecule has 0 amide bonds. The second kappa shape index (κ2) is 13.1. The average Bonchev–Trinajstić information content (AvgIpc) is 2.93. The van der Waals surface area contributed by atoms with E-state index in [4.69, 9.17) is 19.3 Å². The van der Waals surface area contributed by atoms with Crippen LogP contribution in [-0.4, -0.2) is 35.6 Å². The van der Waals surface area contributed by atoms with Crippen molar-refractivity contribution in [3.8, 4) is 11.5 Å². The maximum Gasteiger partial charge on any atom is 0.344 e. The first-order valence-electron chi connectivity index (χ1n) is 12.3. The van der Waals surface area contributed by atoms with E-state index in [9.17, 15) is 9.59 Å². The molecule has 0 spiro atoms. The van der Waals surface area contributed by atoms with Gasteiger partial charge in [0.2, 0.25) is 0 Å². The molecule has 4 aromatic rings. The van der Waals surface area contributed by atoms with Gasteiger partial charge in [-0.1, -0.05) is 66.7 Å². The molecule has 7 nitrogen and oxygen atoms in total. The summed E-state index contributed by atoms with van der Waals surface area (Å²) in [6.07, 6.45) is 0.589. The van der Waals surface area contributed by atoms with Crippen molar-refractivity contribution in [2.24, 2.45) is 0 Å². The Morgan fingerprint density at radius 2 is 1.49 bits per heavy atom. The van der Waals surface area contributed by atoms with Crippen LogP contribution in [0.3, 0.4) is 0 Å². The number of esters is 1. The van der Waals surface area contributed by atoms with Crippen LogP contribution in [0.1, 0.15) is 36.1 Å². The van der Waals surface area contributed by atoms with Gasteiger partial charge in [0.25, 0.3) is 5.56 Å².